The van der Waals surface area contributed by atoms with Crippen molar-refractivity contribution in [3.8, 4) is 10.8 Å². The first-order valence-corrected chi connectivity index (χ1v) is 6.00. The molecule has 0 aliphatic heterocycles. The fourth-order valence-corrected chi connectivity index (χ4v) is 1.45. The second-order valence-electron chi connectivity index (χ2n) is 3.39. The van der Waals surface area contributed by atoms with Crippen LogP contribution in [0.5, 0.6) is 0 Å². The summed E-state index contributed by atoms with van der Waals surface area (Å²) in [4.78, 5) is 13.5. The fraction of sp³-hybridized carbons (Fsp3) is 0.214. The Morgan fingerprint density at radius 3 is 2.76 bits per heavy atom. The Labute approximate surface area is 110 Å². The van der Waals surface area contributed by atoms with E-state index in [0.717, 1.165) is 5.56 Å². The maximum Gasteiger partial charge on any atom is 0.303 e. The van der Waals surface area contributed by atoms with Gasteiger partial charge in [-0.25, -0.2) is 0 Å². The van der Waals surface area contributed by atoms with Crippen molar-refractivity contribution in [1.82, 2.24) is 0 Å². The summed E-state index contributed by atoms with van der Waals surface area (Å²) < 4.78 is 5.13. The van der Waals surface area contributed by atoms with Crippen LogP contribution < -0.4 is 0 Å². The minimum atomic E-state index is -0.308. The van der Waals surface area contributed by atoms with Gasteiger partial charge in [-0.3, -0.25) is 4.79 Å². The van der Waals surface area contributed by atoms with E-state index in [-0.39, 0.29) is 12.1 Å². The van der Waals surface area contributed by atoms with Gasteiger partial charge in [0.05, 0.1) is 6.42 Å². The van der Waals surface area contributed by atoms with Crippen molar-refractivity contribution < 1.29 is 9.53 Å². The molecule has 0 heterocycles. The zero-order valence-electron chi connectivity index (χ0n) is 9.52. The van der Waals surface area contributed by atoms with Gasteiger partial charge in [0.15, 0.2) is 0 Å². The van der Waals surface area contributed by atoms with Crippen molar-refractivity contribution in [2.45, 2.75) is 19.4 Å². The van der Waals surface area contributed by atoms with Gasteiger partial charge in [0, 0.05) is 22.9 Å². The number of rotatable bonds is 4. The Balaban J connectivity index is 2.66. The number of hydrogen-bond acceptors (Lipinski definition) is 2. The quantitative estimate of drug-likeness (QED) is 0.628. The van der Waals surface area contributed by atoms with Crippen LogP contribution in [0.1, 0.15) is 18.9 Å². The van der Waals surface area contributed by atoms with Gasteiger partial charge >= 0.3 is 5.97 Å². The summed E-state index contributed by atoms with van der Waals surface area (Å²) in [6, 6.07) is 9.84. The standard InChI is InChI=1S/C14H13BrO2/c1-12(16)17-14(8-5-11-15)10-9-13-6-3-2-4-7-13/h2-4,6-7,9-10,14H,8H2,1H3/b10-9+. The number of halogens is 1. The van der Waals surface area contributed by atoms with Crippen LogP contribution in [0.3, 0.4) is 0 Å². The molecule has 0 N–H and O–H groups in total. The van der Waals surface area contributed by atoms with Crippen molar-refractivity contribution >= 4 is 28.0 Å². The van der Waals surface area contributed by atoms with Gasteiger partial charge in [0.25, 0.3) is 0 Å². The Bertz CT molecular complexity index is 440. The molecule has 2 nitrogen and oxygen atoms in total. The maximum atomic E-state index is 10.9. The Morgan fingerprint density at radius 1 is 1.47 bits per heavy atom. The summed E-state index contributed by atoms with van der Waals surface area (Å²) in [6.07, 6.45) is 3.93. The molecule has 0 bridgehead atoms. The van der Waals surface area contributed by atoms with Crippen molar-refractivity contribution in [2.24, 2.45) is 0 Å². The van der Waals surface area contributed by atoms with Crippen LogP contribution in [0.15, 0.2) is 36.4 Å². The van der Waals surface area contributed by atoms with Crippen LogP contribution in [-0.4, -0.2) is 12.1 Å². The molecule has 0 aliphatic rings. The average molecular weight is 293 g/mol. The SMILES string of the molecule is CC(=O)OC(/C=C/c1ccccc1)CC#CBr. The molecule has 0 amide bonds. The summed E-state index contributed by atoms with van der Waals surface area (Å²) in [6.45, 7) is 1.39. The third-order valence-corrected chi connectivity index (χ3v) is 2.27. The molecule has 0 saturated heterocycles. The van der Waals surface area contributed by atoms with Gasteiger partial charge in [-0.15, -0.1) is 0 Å². The molecular weight excluding hydrogens is 280 g/mol. The second-order valence-corrected chi connectivity index (χ2v) is 3.79. The number of carbonyl (C=O) groups is 1. The average Bonchev–Trinajstić information content (AvgIpc) is 2.33. The molecule has 0 aromatic heterocycles. The monoisotopic (exact) mass is 292 g/mol. The molecule has 88 valence electrons. The van der Waals surface area contributed by atoms with Gasteiger partial charge in [0.1, 0.15) is 6.10 Å². The van der Waals surface area contributed by atoms with E-state index < -0.39 is 0 Å². The van der Waals surface area contributed by atoms with Gasteiger partial charge in [0.2, 0.25) is 0 Å². The summed E-state index contributed by atoms with van der Waals surface area (Å²) in [5, 5.41) is 0. The smallest absolute Gasteiger partial charge is 0.303 e. The Hall–Kier alpha value is -1.53. The molecular formula is C14H13BrO2. The first-order valence-electron chi connectivity index (χ1n) is 5.21. The van der Waals surface area contributed by atoms with Crippen molar-refractivity contribution in [2.75, 3.05) is 0 Å². The highest BCUT2D eigenvalue weighted by Gasteiger charge is 2.05. The van der Waals surface area contributed by atoms with Crippen molar-refractivity contribution in [3.63, 3.8) is 0 Å². The zero-order valence-corrected chi connectivity index (χ0v) is 11.1. The lowest BCUT2D eigenvalue weighted by molar-refractivity contribution is -0.143. The molecule has 1 atom stereocenters. The summed E-state index contributed by atoms with van der Waals surface area (Å²) in [7, 11) is 0. The molecule has 1 rings (SSSR count). The Morgan fingerprint density at radius 2 is 2.18 bits per heavy atom. The van der Waals surface area contributed by atoms with E-state index >= 15 is 0 Å². The molecule has 1 aromatic rings. The first kappa shape index (κ1) is 13.5. The zero-order chi connectivity index (χ0) is 12.5. The molecule has 0 radical (unpaired) electrons. The molecule has 0 saturated carbocycles. The molecule has 17 heavy (non-hydrogen) atoms. The van der Waals surface area contributed by atoms with Gasteiger partial charge in [-0.2, -0.15) is 0 Å². The Kier molecular flexibility index (Phi) is 6.13. The lowest BCUT2D eigenvalue weighted by Gasteiger charge is -2.09. The predicted octanol–water partition coefficient (Wildman–Crippen LogP) is 3.38. The lowest BCUT2D eigenvalue weighted by atomic mass is 10.1. The van der Waals surface area contributed by atoms with E-state index in [1.807, 2.05) is 42.5 Å². The van der Waals surface area contributed by atoms with Gasteiger partial charge < -0.3 is 4.74 Å². The topological polar surface area (TPSA) is 26.3 Å². The molecule has 1 aromatic carbocycles. The minimum Gasteiger partial charge on any atom is -0.457 e. The molecule has 1 unspecified atom stereocenters. The molecule has 0 aliphatic carbocycles. The van der Waals surface area contributed by atoms with E-state index in [0.29, 0.717) is 6.42 Å². The van der Waals surface area contributed by atoms with Crippen LogP contribution in [0.2, 0.25) is 0 Å². The van der Waals surface area contributed by atoms with Crippen LogP contribution in [0, 0.1) is 10.8 Å². The summed E-state index contributed by atoms with van der Waals surface area (Å²) in [5.41, 5.74) is 1.07. The predicted molar refractivity (Wildman–Crippen MR) is 72.4 cm³/mol. The minimum absolute atomic E-state index is 0.302. The normalized spacial score (nSPS) is 11.6. The van der Waals surface area contributed by atoms with E-state index in [1.54, 1.807) is 0 Å². The van der Waals surface area contributed by atoms with Crippen molar-refractivity contribution in [1.29, 1.82) is 0 Å². The third-order valence-electron chi connectivity index (χ3n) is 1.99. The lowest BCUT2D eigenvalue weighted by Crippen LogP contribution is -2.12. The molecule has 0 spiro atoms. The fourth-order valence-electron chi connectivity index (χ4n) is 1.28. The van der Waals surface area contributed by atoms with Crippen LogP contribution in [0.25, 0.3) is 6.08 Å². The number of benzene rings is 1. The van der Waals surface area contributed by atoms with Crippen LogP contribution in [-0.2, 0) is 9.53 Å². The largest absolute Gasteiger partial charge is 0.457 e. The third kappa shape index (κ3) is 5.94. The first-order chi connectivity index (χ1) is 8.22. The maximum absolute atomic E-state index is 10.9. The van der Waals surface area contributed by atoms with Gasteiger partial charge in [-0.05, 0) is 16.5 Å². The van der Waals surface area contributed by atoms with Crippen LogP contribution >= 0.6 is 15.9 Å². The van der Waals surface area contributed by atoms with Crippen LogP contribution in [0.4, 0.5) is 0 Å². The summed E-state index contributed by atoms with van der Waals surface area (Å²) in [5.74, 6) is 2.53. The number of esters is 1. The van der Waals surface area contributed by atoms with E-state index in [9.17, 15) is 4.79 Å². The number of hydrogen-bond donors (Lipinski definition) is 0. The highest BCUT2D eigenvalue weighted by Crippen LogP contribution is 2.06. The van der Waals surface area contributed by atoms with E-state index in [2.05, 4.69) is 26.7 Å². The van der Waals surface area contributed by atoms with Crippen molar-refractivity contribution in [3.05, 3.63) is 42.0 Å². The molecule has 3 heteroatoms. The number of ether oxygens (including phenoxy) is 1. The number of carbonyl (C=O) groups excluding carboxylic acids is 1. The molecule has 0 fully saturated rings. The second kappa shape index (κ2) is 7.70. The van der Waals surface area contributed by atoms with E-state index in [4.69, 9.17) is 4.74 Å². The summed E-state index contributed by atoms with van der Waals surface area (Å²) >= 11 is 3.01. The highest BCUT2D eigenvalue weighted by molar-refractivity contribution is 9.12. The highest BCUT2D eigenvalue weighted by atomic mass is 79.9. The van der Waals surface area contributed by atoms with Gasteiger partial charge in [-0.1, -0.05) is 42.3 Å². The van der Waals surface area contributed by atoms with E-state index in [1.165, 1.54) is 6.92 Å².